The van der Waals surface area contributed by atoms with Gasteiger partial charge in [0, 0.05) is 11.8 Å². The SMILES string of the molecule is CC[C@H](C)C(=O)C(=O)[O-].CC[C@H](C)C(=O)C(=O)[O-].[Ca+2]. The molecule has 0 amide bonds. The number of carboxylic acid groups (broad SMARTS) is 2. The molecule has 7 heteroatoms. The van der Waals surface area contributed by atoms with Crippen LogP contribution in [0, 0.1) is 11.8 Å². The molecule has 0 heterocycles. The third-order valence-electron chi connectivity index (χ3n) is 2.52. The van der Waals surface area contributed by atoms with E-state index in [1.54, 1.807) is 27.7 Å². The Labute approximate surface area is 142 Å². The van der Waals surface area contributed by atoms with Crippen molar-refractivity contribution in [2.24, 2.45) is 11.8 Å². The first-order valence-electron chi connectivity index (χ1n) is 5.69. The molecule has 0 unspecified atom stereocenters. The van der Waals surface area contributed by atoms with Crippen LogP contribution in [0.5, 0.6) is 0 Å². The van der Waals surface area contributed by atoms with E-state index in [4.69, 9.17) is 0 Å². The summed E-state index contributed by atoms with van der Waals surface area (Å²) in [5.41, 5.74) is 0. The summed E-state index contributed by atoms with van der Waals surface area (Å²) in [6.07, 6.45) is 1.10. The van der Waals surface area contributed by atoms with E-state index >= 15 is 0 Å². The molecule has 0 N–H and O–H groups in total. The molecule has 0 spiro atoms. The van der Waals surface area contributed by atoms with Crippen molar-refractivity contribution in [3.05, 3.63) is 0 Å². The van der Waals surface area contributed by atoms with Gasteiger partial charge >= 0.3 is 37.7 Å². The largest absolute Gasteiger partial charge is 2.00 e. The molecule has 0 bridgehead atoms. The second kappa shape index (κ2) is 12.6. The smallest absolute Gasteiger partial charge is 0.542 e. The maximum absolute atomic E-state index is 10.4. The van der Waals surface area contributed by atoms with Crippen LogP contribution in [0.3, 0.4) is 0 Å². The number of carbonyl (C=O) groups excluding carboxylic acids is 4. The summed E-state index contributed by atoms with van der Waals surface area (Å²) in [7, 11) is 0. The van der Waals surface area contributed by atoms with E-state index in [2.05, 4.69) is 0 Å². The first kappa shape index (κ1) is 23.6. The second-order valence-corrected chi connectivity index (χ2v) is 3.92. The van der Waals surface area contributed by atoms with Gasteiger partial charge in [0.05, 0.1) is 0 Å². The summed E-state index contributed by atoms with van der Waals surface area (Å²) in [6, 6.07) is 0. The summed E-state index contributed by atoms with van der Waals surface area (Å²) in [4.78, 5) is 40.5. The van der Waals surface area contributed by atoms with E-state index in [9.17, 15) is 29.4 Å². The molecule has 0 saturated heterocycles. The average Bonchev–Trinajstić information content (AvgIpc) is 2.35. The Morgan fingerprint density at radius 2 is 1.00 bits per heavy atom. The molecule has 0 aromatic carbocycles. The molecule has 0 saturated carbocycles. The molecule has 0 aliphatic carbocycles. The van der Waals surface area contributed by atoms with Gasteiger partial charge in [-0.15, -0.1) is 0 Å². The molecule has 0 aliphatic rings. The Kier molecular flexibility index (Phi) is 15.6. The van der Waals surface area contributed by atoms with Gasteiger partial charge in [0.25, 0.3) is 0 Å². The number of rotatable bonds is 6. The molecule has 6 nitrogen and oxygen atoms in total. The molecule has 0 rings (SSSR count). The molecule has 19 heavy (non-hydrogen) atoms. The van der Waals surface area contributed by atoms with Gasteiger partial charge in [-0.3, -0.25) is 9.59 Å². The summed E-state index contributed by atoms with van der Waals surface area (Å²) in [5, 5.41) is 19.7. The summed E-state index contributed by atoms with van der Waals surface area (Å²) in [5.74, 6) is -5.59. The molecule has 0 aromatic heterocycles. The van der Waals surface area contributed by atoms with Gasteiger partial charge in [-0.25, -0.2) is 0 Å². The van der Waals surface area contributed by atoms with E-state index in [-0.39, 0.29) is 37.7 Å². The molecule has 0 aliphatic heterocycles. The van der Waals surface area contributed by atoms with Crippen LogP contribution in [0.2, 0.25) is 0 Å². The zero-order valence-electron chi connectivity index (χ0n) is 11.7. The minimum Gasteiger partial charge on any atom is -0.542 e. The third-order valence-corrected chi connectivity index (χ3v) is 2.52. The van der Waals surface area contributed by atoms with Crippen LogP contribution in [0.4, 0.5) is 0 Å². The first-order valence-corrected chi connectivity index (χ1v) is 5.69. The average molecular weight is 298 g/mol. The maximum Gasteiger partial charge on any atom is 2.00 e. The predicted octanol–water partition coefficient (Wildman–Crippen LogP) is -1.68. The Balaban J connectivity index is -0.000000256. The summed E-state index contributed by atoms with van der Waals surface area (Å²) in [6.45, 7) is 6.65. The topological polar surface area (TPSA) is 114 Å². The molecule has 0 aromatic rings. The Hall–Kier alpha value is -0.460. The van der Waals surface area contributed by atoms with Gasteiger partial charge in [-0.05, 0) is 12.8 Å². The van der Waals surface area contributed by atoms with Crippen molar-refractivity contribution < 1.29 is 29.4 Å². The first-order chi connectivity index (χ1) is 8.18. The molecular weight excluding hydrogens is 280 g/mol. The van der Waals surface area contributed by atoms with Gasteiger partial charge in [-0.1, -0.05) is 27.7 Å². The van der Waals surface area contributed by atoms with Gasteiger partial charge in [-0.2, -0.15) is 0 Å². The number of Topliss-reactive ketones (excluding diaryl/α,β-unsaturated/α-hetero) is 2. The Bertz CT molecular complexity index is 294. The zero-order chi connectivity index (χ0) is 14.9. The van der Waals surface area contributed by atoms with Crippen LogP contribution >= 0.6 is 0 Å². The Morgan fingerprint density at radius 1 is 0.789 bits per heavy atom. The summed E-state index contributed by atoms with van der Waals surface area (Å²) < 4.78 is 0. The maximum atomic E-state index is 10.4. The van der Waals surface area contributed by atoms with Crippen LogP contribution in [-0.2, 0) is 19.2 Å². The molecular formula is C12H18CaO6. The van der Waals surface area contributed by atoms with Gasteiger partial charge in [0.2, 0.25) is 0 Å². The third kappa shape index (κ3) is 11.1. The van der Waals surface area contributed by atoms with Crippen LogP contribution in [0.1, 0.15) is 40.5 Å². The fourth-order valence-electron chi connectivity index (χ4n) is 0.773. The van der Waals surface area contributed by atoms with E-state index in [0.29, 0.717) is 12.8 Å². The molecule has 0 fully saturated rings. The van der Waals surface area contributed by atoms with Gasteiger partial charge in [0.15, 0.2) is 11.6 Å². The van der Waals surface area contributed by atoms with Crippen LogP contribution in [0.25, 0.3) is 0 Å². The number of hydrogen-bond donors (Lipinski definition) is 0. The van der Waals surface area contributed by atoms with Crippen molar-refractivity contribution >= 4 is 61.2 Å². The van der Waals surface area contributed by atoms with Gasteiger partial charge in [0.1, 0.15) is 11.9 Å². The van der Waals surface area contributed by atoms with E-state index in [1.807, 2.05) is 0 Å². The minimum atomic E-state index is -1.58. The normalized spacial score (nSPS) is 12.0. The Morgan fingerprint density at radius 3 is 1.05 bits per heavy atom. The van der Waals surface area contributed by atoms with Crippen molar-refractivity contribution in [1.29, 1.82) is 0 Å². The molecule has 104 valence electrons. The van der Waals surface area contributed by atoms with E-state index in [1.165, 1.54) is 0 Å². The molecule has 2 atom stereocenters. The van der Waals surface area contributed by atoms with Gasteiger partial charge < -0.3 is 19.8 Å². The fourth-order valence-corrected chi connectivity index (χ4v) is 0.773. The van der Waals surface area contributed by atoms with Crippen molar-refractivity contribution in [2.75, 3.05) is 0 Å². The molecule has 0 radical (unpaired) electrons. The zero-order valence-corrected chi connectivity index (χ0v) is 13.9. The summed E-state index contributed by atoms with van der Waals surface area (Å²) >= 11 is 0. The number of ketones is 2. The number of carbonyl (C=O) groups is 4. The second-order valence-electron chi connectivity index (χ2n) is 3.92. The van der Waals surface area contributed by atoms with Crippen molar-refractivity contribution in [1.82, 2.24) is 0 Å². The van der Waals surface area contributed by atoms with Crippen LogP contribution in [0.15, 0.2) is 0 Å². The standard InChI is InChI=1S/2C6H10O3.Ca/c2*1-3-4(2)5(7)6(8)9;/h2*4H,3H2,1-2H3,(H,8,9);/q;;+2/p-2/t2*4-;/m00./s1. The van der Waals surface area contributed by atoms with Crippen molar-refractivity contribution in [3.8, 4) is 0 Å². The van der Waals surface area contributed by atoms with E-state index < -0.39 is 35.3 Å². The van der Waals surface area contributed by atoms with Crippen LogP contribution in [-0.4, -0.2) is 61.2 Å². The quantitative estimate of drug-likeness (QED) is 0.427. The van der Waals surface area contributed by atoms with E-state index in [0.717, 1.165) is 0 Å². The number of carboxylic acids is 2. The minimum absolute atomic E-state index is 0. The van der Waals surface area contributed by atoms with Crippen LogP contribution < -0.4 is 10.2 Å². The fraction of sp³-hybridized carbons (Fsp3) is 0.667. The monoisotopic (exact) mass is 298 g/mol. The number of hydrogen-bond acceptors (Lipinski definition) is 6. The van der Waals surface area contributed by atoms with Crippen molar-refractivity contribution in [2.45, 2.75) is 40.5 Å². The van der Waals surface area contributed by atoms with Crippen molar-refractivity contribution in [3.63, 3.8) is 0 Å². The predicted molar refractivity (Wildman–Crippen MR) is 64.7 cm³/mol. The number of aliphatic carboxylic acids is 2.